The number of carbonyl (C=O) groups is 1. The van der Waals surface area contributed by atoms with E-state index in [-0.39, 0.29) is 0 Å². The van der Waals surface area contributed by atoms with E-state index in [0.29, 0.717) is 25.7 Å². The number of nitrogens with zero attached hydrogens (tertiary/aromatic N) is 2. The number of esters is 1. The van der Waals surface area contributed by atoms with Crippen LogP contribution in [0.3, 0.4) is 0 Å². The summed E-state index contributed by atoms with van der Waals surface area (Å²) in [6.07, 6.45) is 3.77. The smallest absolute Gasteiger partial charge is 0.356 e. The molecule has 1 aromatic rings. The minimum Gasteiger partial charge on any atom is -0.859 e. The molecule has 0 radical (unpaired) electrons. The second kappa shape index (κ2) is 5.75. The normalized spacial score (nSPS) is 24.5. The third kappa shape index (κ3) is 2.43. The second-order valence-electron chi connectivity index (χ2n) is 6.34. The van der Waals surface area contributed by atoms with Crippen LogP contribution in [-0.4, -0.2) is 29.1 Å². The molecule has 2 fully saturated rings. The lowest BCUT2D eigenvalue weighted by Gasteiger charge is -2.44. The number of carbonyl (C=O) groups excluding carboxylic acids is 1. The van der Waals surface area contributed by atoms with Crippen molar-refractivity contribution in [3.8, 4) is 5.88 Å². The van der Waals surface area contributed by atoms with Crippen LogP contribution < -0.4 is 16.4 Å². The Bertz CT molecular complexity index is 890. The molecule has 9 nitrogen and oxygen atoms in total. The van der Waals surface area contributed by atoms with Gasteiger partial charge in [0, 0.05) is 26.9 Å². The lowest BCUT2D eigenvalue weighted by Crippen LogP contribution is -2.39. The first-order valence-electron chi connectivity index (χ1n) is 7.82. The second-order valence-corrected chi connectivity index (χ2v) is 8.62. The van der Waals surface area contributed by atoms with E-state index in [9.17, 15) is 28.6 Å². The minimum absolute atomic E-state index is 0.313. The number of hydrogen-bond donors (Lipinski definition) is 2. The number of rotatable bonds is 1. The quantitative estimate of drug-likeness (QED) is 0.541. The van der Waals surface area contributed by atoms with Gasteiger partial charge in [-0.1, -0.05) is 6.42 Å². The Morgan fingerprint density at radius 2 is 1.72 bits per heavy atom. The molecule has 3 rings (SSSR count). The molecule has 1 aliphatic carbocycles. The van der Waals surface area contributed by atoms with Crippen LogP contribution in [0.25, 0.3) is 6.08 Å². The Hall–Kier alpha value is -2.04. The molecule has 0 aromatic carbocycles. The van der Waals surface area contributed by atoms with E-state index in [1.54, 1.807) is 0 Å². The summed E-state index contributed by atoms with van der Waals surface area (Å²) in [7, 11) is -1.26. The molecule has 1 aliphatic heterocycles. The standard InChI is InChI=1S/C15H20N2O7S/c1-16-11(18)9(12(19)17(2)14(16)21)8-10-13(20)24-15(25(10,22)23)6-4-3-5-7-15/h8,18,22-23H,3-7H2,1-2H3/p-1. The van der Waals surface area contributed by atoms with Crippen LogP contribution in [0.2, 0.25) is 0 Å². The summed E-state index contributed by atoms with van der Waals surface area (Å²) in [5, 5.41) is 12.2. The third-order valence-electron chi connectivity index (χ3n) is 4.84. The maximum absolute atomic E-state index is 12.3. The first kappa shape index (κ1) is 17.8. The Morgan fingerprint density at radius 1 is 1.12 bits per heavy atom. The van der Waals surface area contributed by atoms with Crippen molar-refractivity contribution in [3.05, 3.63) is 31.3 Å². The molecule has 0 unspecified atom stereocenters. The summed E-state index contributed by atoms with van der Waals surface area (Å²) in [6, 6.07) is 0. The van der Waals surface area contributed by atoms with Crippen molar-refractivity contribution in [1.82, 2.24) is 9.13 Å². The summed E-state index contributed by atoms with van der Waals surface area (Å²) in [6.45, 7) is 0. The summed E-state index contributed by atoms with van der Waals surface area (Å²) in [5.41, 5.74) is -2.20. The summed E-state index contributed by atoms with van der Waals surface area (Å²) in [5.74, 6) is -1.86. The van der Waals surface area contributed by atoms with E-state index < -0.39 is 49.1 Å². The highest BCUT2D eigenvalue weighted by Crippen LogP contribution is 2.69. The lowest BCUT2D eigenvalue weighted by molar-refractivity contribution is -0.280. The molecule has 1 saturated carbocycles. The van der Waals surface area contributed by atoms with Crippen LogP contribution in [0.1, 0.15) is 37.7 Å². The van der Waals surface area contributed by atoms with E-state index in [1.165, 1.54) is 14.1 Å². The van der Waals surface area contributed by atoms with Crippen molar-refractivity contribution in [2.45, 2.75) is 37.0 Å². The van der Waals surface area contributed by atoms with Gasteiger partial charge in [-0.2, -0.15) is 0 Å². The lowest BCUT2D eigenvalue weighted by atomic mass is 9.97. The van der Waals surface area contributed by atoms with Gasteiger partial charge in [0.2, 0.25) is 4.93 Å². The summed E-state index contributed by atoms with van der Waals surface area (Å²) < 4.78 is 28.1. The van der Waals surface area contributed by atoms with Gasteiger partial charge in [-0.25, -0.2) is 9.59 Å². The zero-order valence-electron chi connectivity index (χ0n) is 13.9. The first-order valence-corrected chi connectivity index (χ1v) is 9.37. The zero-order chi connectivity index (χ0) is 18.6. The average Bonchev–Trinajstić information content (AvgIpc) is 2.75. The first-order chi connectivity index (χ1) is 11.6. The van der Waals surface area contributed by atoms with Gasteiger partial charge in [-0.05, 0) is 24.8 Å². The van der Waals surface area contributed by atoms with Gasteiger partial charge < -0.3 is 14.4 Å². The number of hydrogen-bond acceptors (Lipinski definition) is 7. The van der Waals surface area contributed by atoms with Crippen LogP contribution in [0.15, 0.2) is 14.5 Å². The summed E-state index contributed by atoms with van der Waals surface area (Å²) >= 11 is 0. The van der Waals surface area contributed by atoms with E-state index >= 15 is 0 Å². The fourth-order valence-electron chi connectivity index (χ4n) is 3.32. The predicted octanol–water partition coefficient (Wildman–Crippen LogP) is 0.466. The molecule has 138 valence electrons. The molecule has 0 bridgehead atoms. The maximum atomic E-state index is 12.3. The molecule has 2 heterocycles. The third-order valence-corrected chi connectivity index (χ3v) is 7.27. The van der Waals surface area contributed by atoms with Crippen molar-refractivity contribution < 1.29 is 23.7 Å². The average molecular weight is 371 g/mol. The Labute approximate surface area is 144 Å². The van der Waals surface area contributed by atoms with Crippen molar-refractivity contribution in [3.63, 3.8) is 0 Å². The van der Waals surface area contributed by atoms with Crippen LogP contribution in [0.5, 0.6) is 5.88 Å². The van der Waals surface area contributed by atoms with E-state index in [1.807, 2.05) is 0 Å². The van der Waals surface area contributed by atoms with Gasteiger partial charge in [0.25, 0.3) is 5.56 Å². The van der Waals surface area contributed by atoms with Crippen LogP contribution >= 0.6 is 10.6 Å². The SMILES string of the molecule is Cn1c([O-])c(C=C2C(=O)OC3(CCCCC3)S2(O)O)c(=O)n(C)c1=O. The van der Waals surface area contributed by atoms with Gasteiger partial charge in [0.05, 0.1) is 5.56 Å². The molecule has 0 amide bonds. The number of ether oxygens (including phenoxy) is 1. The predicted molar refractivity (Wildman–Crippen MR) is 89.1 cm³/mol. The van der Waals surface area contributed by atoms with E-state index in [2.05, 4.69) is 0 Å². The van der Waals surface area contributed by atoms with Gasteiger partial charge in [-0.3, -0.25) is 18.5 Å². The van der Waals surface area contributed by atoms with E-state index in [4.69, 9.17) is 4.74 Å². The van der Waals surface area contributed by atoms with Crippen molar-refractivity contribution in [2.75, 3.05) is 0 Å². The summed E-state index contributed by atoms with van der Waals surface area (Å²) in [4.78, 5) is 34.4. The highest BCUT2D eigenvalue weighted by molar-refractivity contribution is 8.29. The monoisotopic (exact) mass is 371 g/mol. The Kier molecular flexibility index (Phi) is 4.09. The Morgan fingerprint density at radius 3 is 2.32 bits per heavy atom. The van der Waals surface area contributed by atoms with Crippen LogP contribution in [0.4, 0.5) is 0 Å². The number of aromatic nitrogens is 2. The molecular formula is C15H19N2O7S-. The molecule has 10 heteroatoms. The molecule has 0 atom stereocenters. The largest absolute Gasteiger partial charge is 0.859 e. The highest BCUT2D eigenvalue weighted by Gasteiger charge is 2.57. The highest BCUT2D eigenvalue weighted by atomic mass is 32.3. The molecule has 1 saturated heterocycles. The van der Waals surface area contributed by atoms with E-state index in [0.717, 1.165) is 21.6 Å². The molecule has 2 aliphatic rings. The minimum atomic E-state index is -3.65. The van der Waals surface area contributed by atoms with Crippen LogP contribution in [0, 0.1) is 0 Å². The molecule has 1 spiro atoms. The molecule has 1 aromatic heterocycles. The fourth-order valence-corrected chi connectivity index (χ4v) is 5.33. The molecule has 2 N–H and O–H groups in total. The topological polar surface area (TPSA) is 134 Å². The zero-order valence-corrected chi connectivity index (χ0v) is 14.7. The van der Waals surface area contributed by atoms with Gasteiger partial charge in [0.15, 0.2) is 0 Å². The van der Waals surface area contributed by atoms with Crippen molar-refractivity contribution in [1.29, 1.82) is 0 Å². The molecular weight excluding hydrogens is 352 g/mol. The van der Waals surface area contributed by atoms with Gasteiger partial charge in [-0.15, -0.1) is 10.6 Å². The van der Waals surface area contributed by atoms with Crippen molar-refractivity contribution in [2.24, 2.45) is 14.1 Å². The van der Waals surface area contributed by atoms with Crippen LogP contribution in [-0.2, 0) is 23.6 Å². The molecule has 25 heavy (non-hydrogen) atoms. The van der Waals surface area contributed by atoms with Gasteiger partial charge in [0.1, 0.15) is 4.91 Å². The maximum Gasteiger partial charge on any atom is 0.356 e. The Balaban J connectivity index is 2.19. The van der Waals surface area contributed by atoms with Gasteiger partial charge >= 0.3 is 11.7 Å². The fraction of sp³-hybridized carbons (Fsp3) is 0.533. The van der Waals surface area contributed by atoms with Crippen molar-refractivity contribution >= 4 is 22.6 Å².